The molecule has 1 aliphatic heterocycles. The van der Waals surface area contributed by atoms with Crippen LogP contribution in [0.25, 0.3) is 10.9 Å². The molecular formula is C22H30N2O3. The fourth-order valence-corrected chi connectivity index (χ4v) is 5.13. The molecule has 0 spiro atoms. The van der Waals surface area contributed by atoms with E-state index in [1.54, 1.807) is 0 Å². The molecule has 146 valence electrons. The number of aromatic nitrogens is 1. The Morgan fingerprint density at radius 3 is 2.52 bits per heavy atom. The third-order valence-electron chi connectivity index (χ3n) is 6.63. The Morgan fingerprint density at radius 1 is 1.26 bits per heavy atom. The monoisotopic (exact) mass is 370 g/mol. The zero-order valence-electron chi connectivity index (χ0n) is 16.5. The number of carbonyl (C=O) groups is 1. The Bertz CT molecular complexity index is 845. The number of hydrogen-bond acceptors (Lipinski definition) is 3. The Kier molecular flexibility index (Phi) is 4.77. The topological polar surface area (TPSA) is 63.5 Å². The van der Waals surface area contributed by atoms with Crippen molar-refractivity contribution in [3.8, 4) is 0 Å². The molecule has 0 amide bonds. The number of rotatable bonds is 5. The molecule has 5 heteroatoms. The van der Waals surface area contributed by atoms with Crippen LogP contribution in [0.4, 0.5) is 0 Å². The predicted octanol–water partition coefficient (Wildman–Crippen LogP) is 4.15. The van der Waals surface area contributed by atoms with E-state index in [0.29, 0.717) is 23.6 Å². The molecule has 2 N–H and O–H groups in total. The summed E-state index contributed by atoms with van der Waals surface area (Å²) in [7, 11) is 0. The van der Waals surface area contributed by atoms with Crippen LogP contribution in [0.3, 0.4) is 0 Å². The van der Waals surface area contributed by atoms with Gasteiger partial charge in [-0.15, -0.1) is 0 Å². The lowest BCUT2D eigenvalue weighted by molar-refractivity contribution is -0.0719. The van der Waals surface area contributed by atoms with Crippen LogP contribution < -0.4 is 5.32 Å². The van der Waals surface area contributed by atoms with Gasteiger partial charge in [-0.2, -0.15) is 0 Å². The molecule has 5 nitrogen and oxygen atoms in total. The van der Waals surface area contributed by atoms with Gasteiger partial charge in [-0.3, -0.25) is 0 Å². The molecule has 1 atom stereocenters. The fraction of sp³-hybridized carbons (Fsp3) is 0.591. The summed E-state index contributed by atoms with van der Waals surface area (Å²) in [5, 5.41) is 14.3. The van der Waals surface area contributed by atoms with Crippen molar-refractivity contribution in [2.24, 2.45) is 5.92 Å². The van der Waals surface area contributed by atoms with Gasteiger partial charge in [-0.25, -0.2) is 4.79 Å². The predicted molar refractivity (Wildman–Crippen MR) is 106 cm³/mol. The number of hydrogen-bond donors (Lipinski definition) is 2. The Morgan fingerprint density at radius 2 is 1.93 bits per heavy atom. The molecule has 27 heavy (non-hydrogen) atoms. The Labute approximate surface area is 160 Å². The van der Waals surface area contributed by atoms with Gasteiger partial charge in [0.2, 0.25) is 0 Å². The molecule has 4 rings (SSSR count). The van der Waals surface area contributed by atoms with Gasteiger partial charge in [0.15, 0.2) is 0 Å². The van der Waals surface area contributed by atoms with Crippen LogP contribution in [0.2, 0.25) is 0 Å². The average molecular weight is 370 g/mol. The van der Waals surface area contributed by atoms with Gasteiger partial charge < -0.3 is 19.7 Å². The summed E-state index contributed by atoms with van der Waals surface area (Å²) in [4.78, 5) is 11.8. The molecule has 1 unspecified atom stereocenters. The maximum absolute atomic E-state index is 11.8. The van der Waals surface area contributed by atoms with E-state index in [1.807, 2.05) is 25.1 Å². The molecule has 2 heterocycles. The van der Waals surface area contributed by atoms with E-state index in [9.17, 15) is 9.90 Å². The maximum Gasteiger partial charge on any atom is 0.338 e. The number of para-hydroxylation sites is 1. The third-order valence-corrected chi connectivity index (χ3v) is 6.63. The molecule has 1 aliphatic carbocycles. The first-order valence-corrected chi connectivity index (χ1v) is 10.1. The van der Waals surface area contributed by atoms with Gasteiger partial charge in [-0.05, 0) is 58.4 Å². The number of benzene rings is 1. The van der Waals surface area contributed by atoms with Gasteiger partial charge in [0.25, 0.3) is 0 Å². The van der Waals surface area contributed by atoms with Crippen molar-refractivity contribution in [3.63, 3.8) is 0 Å². The summed E-state index contributed by atoms with van der Waals surface area (Å²) < 4.78 is 7.62. The highest BCUT2D eigenvalue weighted by Crippen LogP contribution is 2.38. The number of carboxylic acids is 1. The van der Waals surface area contributed by atoms with E-state index in [2.05, 4.69) is 29.8 Å². The van der Waals surface area contributed by atoms with E-state index in [4.69, 9.17) is 4.74 Å². The molecule has 1 aromatic heterocycles. The largest absolute Gasteiger partial charge is 0.478 e. The lowest BCUT2D eigenvalue weighted by atomic mass is 9.81. The number of ether oxygens (including phenoxy) is 1. The smallest absolute Gasteiger partial charge is 0.338 e. The number of nitrogens with zero attached hydrogens (tertiary/aromatic N) is 1. The van der Waals surface area contributed by atoms with Crippen molar-refractivity contribution in [2.75, 3.05) is 13.2 Å². The van der Waals surface area contributed by atoms with Gasteiger partial charge >= 0.3 is 5.97 Å². The van der Waals surface area contributed by atoms with Crippen molar-refractivity contribution >= 4 is 16.9 Å². The summed E-state index contributed by atoms with van der Waals surface area (Å²) in [5.74, 6) is -0.261. The summed E-state index contributed by atoms with van der Waals surface area (Å²) in [5.41, 5.74) is 2.52. The first-order chi connectivity index (χ1) is 12.9. The van der Waals surface area contributed by atoms with Crippen LogP contribution in [0, 0.1) is 12.8 Å². The lowest BCUT2D eigenvalue weighted by Gasteiger charge is -2.44. The molecule has 1 saturated heterocycles. The molecule has 2 aromatic rings. The average Bonchev–Trinajstić information content (AvgIpc) is 2.92. The molecule has 2 aliphatic rings. The molecule has 1 saturated carbocycles. The van der Waals surface area contributed by atoms with E-state index < -0.39 is 5.97 Å². The highest BCUT2D eigenvalue weighted by Gasteiger charge is 2.37. The fourth-order valence-electron chi connectivity index (χ4n) is 5.13. The second-order valence-corrected chi connectivity index (χ2v) is 8.70. The van der Waals surface area contributed by atoms with Crippen molar-refractivity contribution in [1.82, 2.24) is 9.88 Å². The highest BCUT2D eigenvalue weighted by atomic mass is 16.5. The minimum atomic E-state index is -0.835. The molecule has 2 fully saturated rings. The second kappa shape index (κ2) is 6.95. The normalized spacial score (nSPS) is 25.9. The second-order valence-electron chi connectivity index (χ2n) is 8.70. The van der Waals surface area contributed by atoms with Crippen molar-refractivity contribution < 1.29 is 14.6 Å². The Balaban J connectivity index is 1.53. The zero-order valence-corrected chi connectivity index (χ0v) is 16.5. The highest BCUT2D eigenvalue weighted by molar-refractivity contribution is 6.05. The quantitative estimate of drug-likeness (QED) is 0.830. The van der Waals surface area contributed by atoms with E-state index in [0.717, 1.165) is 29.8 Å². The number of fused-ring (bicyclic) bond motifs is 1. The SMILES string of the molecule is Cc1c(C(=O)O)c2ccccc2n1C(C)C1CCC(NC2(C)COC2)CC1. The van der Waals surface area contributed by atoms with Gasteiger partial charge in [0, 0.05) is 28.7 Å². The van der Waals surface area contributed by atoms with Crippen molar-refractivity contribution in [2.45, 2.75) is 64.1 Å². The van der Waals surface area contributed by atoms with E-state index in [-0.39, 0.29) is 5.54 Å². The first-order valence-electron chi connectivity index (χ1n) is 10.1. The van der Waals surface area contributed by atoms with Crippen LogP contribution in [0.1, 0.15) is 61.6 Å². The first kappa shape index (κ1) is 18.5. The molecular weight excluding hydrogens is 340 g/mol. The summed E-state index contributed by atoms with van der Waals surface area (Å²) in [6.45, 7) is 8.08. The van der Waals surface area contributed by atoms with Gasteiger partial charge in [0.1, 0.15) is 0 Å². The molecule has 0 radical (unpaired) electrons. The van der Waals surface area contributed by atoms with E-state index in [1.165, 1.54) is 25.7 Å². The van der Waals surface area contributed by atoms with Crippen LogP contribution in [-0.4, -0.2) is 40.4 Å². The lowest BCUT2D eigenvalue weighted by Crippen LogP contribution is -2.61. The Hall–Kier alpha value is -1.85. The standard InChI is InChI=1S/C22H30N2O3/c1-14(16-8-10-17(11-9-16)23-22(3)12-27-13-22)24-15(2)20(21(25)26)18-6-4-5-7-19(18)24/h4-7,14,16-17,23H,8-13H2,1-3H3,(H,25,26). The third kappa shape index (κ3) is 3.27. The van der Waals surface area contributed by atoms with Crippen LogP contribution >= 0.6 is 0 Å². The summed E-state index contributed by atoms with van der Waals surface area (Å²) in [6, 6.07) is 8.77. The number of nitrogens with one attached hydrogen (secondary N) is 1. The van der Waals surface area contributed by atoms with Crippen LogP contribution in [-0.2, 0) is 4.74 Å². The summed E-state index contributed by atoms with van der Waals surface area (Å²) in [6.07, 6.45) is 4.69. The molecule has 0 bridgehead atoms. The van der Waals surface area contributed by atoms with Gasteiger partial charge in [0.05, 0.1) is 24.3 Å². The van der Waals surface area contributed by atoms with Crippen molar-refractivity contribution in [1.29, 1.82) is 0 Å². The summed E-state index contributed by atoms with van der Waals surface area (Å²) >= 11 is 0. The minimum absolute atomic E-state index is 0.159. The maximum atomic E-state index is 11.8. The number of aromatic carboxylic acids is 1. The van der Waals surface area contributed by atoms with E-state index >= 15 is 0 Å². The number of carboxylic acid groups (broad SMARTS) is 1. The van der Waals surface area contributed by atoms with Crippen LogP contribution in [0.5, 0.6) is 0 Å². The van der Waals surface area contributed by atoms with Crippen molar-refractivity contribution in [3.05, 3.63) is 35.5 Å². The van der Waals surface area contributed by atoms with Gasteiger partial charge in [-0.1, -0.05) is 18.2 Å². The molecule has 1 aromatic carbocycles. The minimum Gasteiger partial charge on any atom is -0.478 e. The van der Waals surface area contributed by atoms with Crippen LogP contribution in [0.15, 0.2) is 24.3 Å². The zero-order chi connectivity index (χ0) is 19.2.